The van der Waals surface area contributed by atoms with Crippen molar-refractivity contribution in [3.63, 3.8) is 0 Å². The van der Waals surface area contributed by atoms with E-state index in [0.717, 1.165) is 0 Å². The minimum Gasteiger partial charge on any atom is -0.364 e. The molecule has 1 amide bonds. The Morgan fingerprint density at radius 1 is 1.24 bits per heavy atom. The third kappa shape index (κ3) is 2.24. The fourth-order valence-corrected chi connectivity index (χ4v) is 1.60. The van der Waals surface area contributed by atoms with Crippen LogP contribution in [0, 0.1) is 5.82 Å². The Bertz CT molecular complexity index is 551. The van der Waals surface area contributed by atoms with Crippen LogP contribution in [-0.2, 0) is 0 Å². The zero-order valence-corrected chi connectivity index (χ0v) is 9.28. The molecule has 0 spiro atoms. The summed E-state index contributed by atoms with van der Waals surface area (Å²) >= 11 is 5.87. The third-order valence-corrected chi connectivity index (χ3v) is 2.45. The summed E-state index contributed by atoms with van der Waals surface area (Å²) in [5.41, 5.74) is 5.43. The van der Waals surface area contributed by atoms with E-state index in [-0.39, 0.29) is 22.0 Å². The number of benzene rings is 1. The van der Waals surface area contributed by atoms with Crippen LogP contribution >= 0.6 is 11.6 Å². The number of hydrogen-bond acceptors (Lipinski definition) is 3. The number of rotatable bonds is 2. The van der Waals surface area contributed by atoms with Crippen molar-refractivity contribution in [3.05, 3.63) is 46.9 Å². The van der Waals surface area contributed by atoms with E-state index >= 15 is 0 Å². The number of nitrogens with zero attached hydrogens (tertiary/aromatic N) is 2. The minimum atomic E-state index is -0.691. The van der Waals surface area contributed by atoms with Gasteiger partial charge in [0.1, 0.15) is 5.82 Å². The van der Waals surface area contributed by atoms with Gasteiger partial charge in [-0.3, -0.25) is 4.79 Å². The molecule has 1 heterocycles. The van der Waals surface area contributed by atoms with Crippen LogP contribution in [0.2, 0.25) is 5.02 Å². The number of primary amides is 1. The van der Waals surface area contributed by atoms with Gasteiger partial charge in [0.2, 0.25) is 0 Å². The number of hydrogen-bond donors (Lipinski definition) is 1. The van der Waals surface area contributed by atoms with Crippen molar-refractivity contribution in [2.45, 2.75) is 0 Å². The Labute approximate surface area is 101 Å². The Morgan fingerprint density at radius 3 is 2.53 bits per heavy atom. The van der Waals surface area contributed by atoms with Gasteiger partial charge in [0.05, 0.1) is 16.3 Å². The van der Waals surface area contributed by atoms with E-state index in [1.807, 2.05) is 0 Å². The van der Waals surface area contributed by atoms with Crippen molar-refractivity contribution in [3.8, 4) is 11.3 Å². The van der Waals surface area contributed by atoms with Gasteiger partial charge in [-0.15, -0.1) is 10.2 Å². The molecule has 0 fully saturated rings. The van der Waals surface area contributed by atoms with E-state index in [0.29, 0.717) is 0 Å². The van der Waals surface area contributed by atoms with Crippen molar-refractivity contribution < 1.29 is 9.18 Å². The van der Waals surface area contributed by atoms with Crippen molar-refractivity contribution in [1.29, 1.82) is 0 Å². The Hall–Kier alpha value is -2.01. The molecule has 17 heavy (non-hydrogen) atoms. The molecule has 2 N–H and O–H groups in total. The molecular weight excluding hydrogens is 245 g/mol. The highest BCUT2D eigenvalue weighted by atomic mass is 35.5. The molecule has 0 bridgehead atoms. The second-order valence-corrected chi connectivity index (χ2v) is 3.67. The van der Waals surface area contributed by atoms with Crippen LogP contribution < -0.4 is 5.73 Å². The molecule has 0 atom stereocenters. The molecule has 0 saturated heterocycles. The van der Waals surface area contributed by atoms with E-state index in [1.165, 1.54) is 24.3 Å². The highest BCUT2D eigenvalue weighted by Gasteiger charge is 2.12. The summed E-state index contributed by atoms with van der Waals surface area (Å²) in [6.45, 7) is 0. The molecule has 1 aromatic heterocycles. The Balaban J connectivity index is 2.50. The van der Waals surface area contributed by atoms with Crippen LogP contribution in [0.25, 0.3) is 11.3 Å². The predicted octanol–water partition coefficient (Wildman–Crippen LogP) is 2.04. The first-order chi connectivity index (χ1) is 8.09. The topological polar surface area (TPSA) is 68.9 Å². The first-order valence-corrected chi connectivity index (χ1v) is 5.05. The monoisotopic (exact) mass is 251 g/mol. The highest BCUT2D eigenvalue weighted by Crippen LogP contribution is 2.28. The summed E-state index contributed by atoms with van der Waals surface area (Å²) in [7, 11) is 0. The van der Waals surface area contributed by atoms with Gasteiger partial charge in [0.15, 0.2) is 5.69 Å². The lowest BCUT2D eigenvalue weighted by Crippen LogP contribution is -2.13. The van der Waals surface area contributed by atoms with Gasteiger partial charge in [-0.2, -0.15) is 0 Å². The van der Waals surface area contributed by atoms with Gasteiger partial charge in [-0.1, -0.05) is 17.7 Å². The molecule has 1 aromatic carbocycles. The summed E-state index contributed by atoms with van der Waals surface area (Å²) < 4.78 is 13.6. The molecule has 86 valence electrons. The van der Waals surface area contributed by atoms with Crippen LogP contribution in [0.1, 0.15) is 10.5 Å². The molecular formula is C11H7ClFN3O. The summed E-state index contributed by atoms with van der Waals surface area (Å²) in [6.07, 6.45) is 0. The number of aromatic nitrogens is 2. The van der Waals surface area contributed by atoms with E-state index in [9.17, 15) is 9.18 Å². The molecule has 0 unspecified atom stereocenters. The first-order valence-electron chi connectivity index (χ1n) is 4.67. The predicted molar refractivity (Wildman–Crippen MR) is 61.0 cm³/mol. The lowest BCUT2D eigenvalue weighted by molar-refractivity contribution is 0.0994. The number of halogens is 2. The van der Waals surface area contributed by atoms with Crippen LogP contribution in [0.4, 0.5) is 4.39 Å². The Kier molecular flexibility index (Phi) is 3.01. The zero-order chi connectivity index (χ0) is 12.4. The number of carbonyl (C=O) groups excluding carboxylic acids is 1. The Morgan fingerprint density at radius 2 is 2.00 bits per heavy atom. The average molecular weight is 252 g/mol. The molecule has 2 rings (SSSR count). The molecule has 0 aliphatic carbocycles. The van der Waals surface area contributed by atoms with Crippen molar-refractivity contribution >= 4 is 17.5 Å². The van der Waals surface area contributed by atoms with Gasteiger partial charge < -0.3 is 5.73 Å². The van der Waals surface area contributed by atoms with E-state index in [4.69, 9.17) is 17.3 Å². The molecule has 0 saturated carbocycles. The van der Waals surface area contributed by atoms with E-state index in [1.54, 1.807) is 6.07 Å². The lowest BCUT2D eigenvalue weighted by Gasteiger charge is -2.04. The van der Waals surface area contributed by atoms with Crippen LogP contribution in [0.3, 0.4) is 0 Å². The SMILES string of the molecule is NC(=O)c1ccc(-c2c(F)cccc2Cl)nn1. The van der Waals surface area contributed by atoms with E-state index < -0.39 is 11.7 Å². The number of nitrogens with two attached hydrogens (primary N) is 1. The van der Waals surface area contributed by atoms with Crippen LogP contribution in [-0.4, -0.2) is 16.1 Å². The molecule has 0 aliphatic heterocycles. The zero-order valence-electron chi connectivity index (χ0n) is 8.52. The van der Waals surface area contributed by atoms with E-state index in [2.05, 4.69) is 10.2 Å². The normalized spacial score (nSPS) is 10.2. The van der Waals surface area contributed by atoms with Gasteiger partial charge in [-0.05, 0) is 24.3 Å². The third-order valence-electron chi connectivity index (χ3n) is 2.14. The summed E-state index contributed by atoms with van der Waals surface area (Å²) in [5.74, 6) is -1.19. The fraction of sp³-hybridized carbons (Fsp3) is 0. The van der Waals surface area contributed by atoms with Gasteiger partial charge >= 0.3 is 0 Å². The molecule has 6 heteroatoms. The smallest absolute Gasteiger partial charge is 0.269 e. The largest absolute Gasteiger partial charge is 0.364 e. The number of carbonyl (C=O) groups is 1. The molecule has 2 aromatic rings. The standard InChI is InChI=1S/C11H7ClFN3O/c12-6-2-1-3-7(13)10(6)8-4-5-9(11(14)17)16-15-8/h1-5H,(H2,14,17). The molecule has 0 radical (unpaired) electrons. The lowest BCUT2D eigenvalue weighted by atomic mass is 10.1. The summed E-state index contributed by atoms with van der Waals surface area (Å²) in [6, 6.07) is 7.12. The quantitative estimate of drug-likeness (QED) is 0.888. The van der Waals surface area contributed by atoms with Crippen molar-refractivity contribution in [2.75, 3.05) is 0 Å². The average Bonchev–Trinajstić information content (AvgIpc) is 2.29. The first kappa shape index (κ1) is 11.5. The summed E-state index contributed by atoms with van der Waals surface area (Å²) in [4.78, 5) is 10.8. The fourth-order valence-electron chi connectivity index (χ4n) is 1.34. The van der Waals surface area contributed by atoms with Crippen molar-refractivity contribution in [1.82, 2.24) is 10.2 Å². The molecule has 0 aliphatic rings. The van der Waals surface area contributed by atoms with Gasteiger partial charge in [-0.25, -0.2) is 4.39 Å². The highest BCUT2D eigenvalue weighted by molar-refractivity contribution is 6.33. The minimum absolute atomic E-state index is 0.0150. The summed E-state index contributed by atoms with van der Waals surface area (Å²) in [5, 5.41) is 7.53. The van der Waals surface area contributed by atoms with Crippen LogP contribution in [0.15, 0.2) is 30.3 Å². The number of amides is 1. The van der Waals surface area contributed by atoms with Crippen LogP contribution in [0.5, 0.6) is 0 Å². The second kappa shape index (κ2) is 4.47. The van der Waals surface area contributed by atoms with Crippen molar-refractivity contribution in [2.24, 2.45) is 5.73 Å². The maximum atomic E-state index is 13.6. The molecule has 4 nitrogen and oxygen atoms in total. The van der Waals surface area contributed by atoms with Gasteiger partial charge in [0, 0.05) is 0 Å². The maximum absolute atomic E-state index is 13.6. The maximum Gasteiger partial charge on any atom is 0.269 e. The second-order valence-electron chi connectivity index (χ2n) is 3.26. The van der Waals surface area contributed by atoms with Gasteiger partial charge in [0.25, 0.3) is 5.91 Å².